The zero-order valence-corrected chi connectivity index (χ0v) is 18.4. The number of thioether (sulfide) groups is 1. The molecule has 0 fully saturated rings. The average molecular weight is 415 g/mol. The van der Waals surface area contributed by atoms with Crippen LogP contribution in [0, 0.1) is 0 Å². The van der Waals surface area contributed by atoms with Gasteiger partial charge in [0.1, 0.15) is 11.8 Å². The number of nitrogens with one attached hydrogen (secondary N) is 1. The van der Waals surface area contributed by atoms with Gasteiger partial charge in [0.25, 0.3) is 0 Å². The van der Waals surface area contributed by atoms with E-state index in [-0.39, 0.29) is 17.9 Å². The van der Waals surface area contributed by atoms with Gasteiger partial charge in [-0.05, 0) is 50.6 Å². The minimum atomic E-state index is -0.547. The molecule has 0 aliphatic carbocycles. The first-order valence-electron chi connectivity index (χ1n) is 9.81. The van der Waals surface area contributed by atoms with Crippen LogP contribution >= 0.6 is 11.8 Å². The van der Waals surface area contributed by atoms with Gasteiger partial charge in [-0.25, -0.2) is 0 Å². The molecule has 0 aromatic heterocycles. The molecule has 0 spiro atoms. The highest BCUT2D eigenvalue weighted by Gasteiger charge is 2.26. The van der Waals surface area contributed by atoms with Crippen LogP contribution in [0.25, 0.3) is 0 Å². The number of carbonyl (C=O) groups is 2. The summed E-state index contributed by atoms with van der Waals surface area (Å²) >= 11 is 1.64. The first kappa shape index (κ1) is 22.8. The third-order valence-electron chi connectivity index (χ3n) is 4.44. The van der Waals surface area contributed by atoms with Crippen LogP contribution in [0.15, 0.2) is 59.5 Å². The number of benzene rings is 2. The molecule has 0 saturated heterocycles. The molecule has 0 radical (unpaired) electrons. The maximum Gasteiger partial charge on any atom is 0.242 e. The average Bonchev–Trinajstić information content (AvgIpc) is 2.72. The Kier molecular flexibility index (Phi) is 9.06. The zero-order chi connectivity index (χ0) is 21.2. The lowest BCUT2D eigenvalue weighted by Gasteiger charge is -2.29. The van der Waals surface area contributed by atoms with Crippen molar-refractivity contribution in [2.75, 3.05) is 12.9 Å². The molecule has 0 saturated carbocycles. The van der Waals surface area contributed by atoms with Gasteiger partial charge >= 0.3 is 0 Å². The molecule has 1 atom stereocenters. The van der Waals surface area contributed by atoms with Gasteiger partial charge in [-0.1, -0.05) is 30.3 Å². The molecule has 2 rings (SSSR count). The van der Waals surface area contributed by atoms with Crippen LogP contribution < -0.4 is 10.1 Å². The zero-order valence-electron chi connectivity index (χ0n) is 17.6. The maximum atomic E-state index is 13.0. The van der Waals surface area contributed by atoms with Crippen LogP contribution in [0.3, 0.4) is 0 Å². The van der Waals surface area contributed by atoms with Crippen LogP contribution in [0.4, 0.5) is 0 Å². The number of hydrogen-bond donors (Lipinski definition) is 1. The van der Waals surface area contributed by atoms with E-state index in [9.17, 15) is 9.59 Å². The van der Waals surface area contributed by atoms with Crippen molar-refractivity contribution in [2.24, 2.45) is 0 Å². The summed E-state index contributed by atoms with van der Waals surface area (Å²) in [7, 11) is 1.62. The van der Waals surface area contributed by atoms with Gasteiger partial charge in [0.2, 0.25) is 11.8 Å². The molecule has 0 aliphatic rings. The van der Waals surface area contributed by atoms with Gasteiger partial charge in [-0.15, -0.1) is 11.8 Å². The third-order valence-corrected chi connectivity index (χ3v) is 5.45. The fourth-order valence-corrected chi connectivity index (χ4v) is 3.69. The predicted molar refractivity (Wildman–Crippen MR) is 118 cm³/mol. The molecule has 6 heteroatoms. The summed E-state index contributed by atoms with van der Waals surface area (Å²) in [5.74, 6) is 1.25. The summed E-state index contributed by atoms with van der Waals surface area (Å²) < 4.78 is 5.20. The van der Waals surface area contributed by atoms with Crippen LogP contribution in [-0.4, -0.2) is 41.7 Å². The Morgan fingerprint density at radius 3 is 2.28 bits per heavy atom. The minimum absolute atomic E-state index is 0.0246. The summed E-state index contributed by atoms with van der Waals surface area (Å²) in [5, 5.41) is 2.91. The van der Waals surface area contributed by atoms with E-state index in [1.165, 1.54) is 0 Å². The van der Waals surface area contributed by atoms with Crippen molar-refractivity contribution in [1.82, 2.24) is 10.2 Å². The van der Waals surface area contributed by atoms with E-state index in [1.807, 2.05) is 68.4 Å². The Balaban J connectivity index is 2.06. The van der Waals surface area contributed by atoms with Crippen LogP contribution in [-0.2, 0) is 16.1 Å². The number of methoxy groups -OCH3 is 1. The Morgan fingerprint density at radius 2 is 1.69 bits per heavy atom. The van der Waals surface area contributed by atoms with Crippen LogP contribution in [0.5, 0.6) is 5.75 Å². The van der Waals surface area contributed by atoms with Crippen molar-refractivity contribution in [3.63, 3.8) is 0 Å². The van der Waals surface area contributed by atoms with E-state index in [1.54, 1.807) is 30.7 Å². The number of amides is 2. The first-order chi connectivity index (χ1) is 13.9. The second kappa shape index (κ2) is 11.5. The topological polar surface area (TPSA) is 58.6 Å². The van der Waals surface area contributed by atoms with Gasteiger partial charge in [0.15, 0.2) is 0 Å². The number of nitrogens with zero attached hydrogens (tertiary/aromatic N) is 1. The van der Waals surface area contributed by atoms with E-state index < -0.39 is 6.04 Å². The molecule has 0 heterocycles. The first-order valence-corrected chi connectivity index (χ1v) is 10.8. The largest absolute Gasteiger partial charge is 0.497 e. The van der Waals surface area contributed by atoms with Crippen molar-refractivity contribution in [3.05, 3.63) is 60.2 Å². The lowest BCUT2D eigenvalue weighted by Crippen LogP contribution is -2.49. The highest BCUT2D eigenvalue weighted by atomic mass is 32.2. The normalized spacial score (nSPS) is 11.8. The fourth-order valence-electron chi connectivity index (χ4n) is 2.83. The minimum Gasteiger partial charge on any atom is -0.497 e. The molecule has 29 heavy (non-hydrogen) atoms. The Hall–Kier alpha value is -2.47. The van der Waals surface area contributed by atoms with Gasteiger partial charge < -0.3 is 15.0 Å². The number of ether oxygens (including phenoxy) is 1. The lowest BCUT2D eigenvalue weighted by atomic mass is 10.1. The number of hydrogen-bond acceptors (Lipinski definition) is 4. The van der Waals surface area contributed by atoms with Gasteiger partial charge in [-0.2, -0.15) is 0 Å². The second-order valence-corrected chi connectivity index (χ2v) is 8.29. The molecule has 2 amide bonds. The van der Waals surface area contributed by atoms with Crippen LogP contribution in [0.1, 0.15) is 32.8 Å². The van der Waals surface area contributed by atoms with Gasteiger partial charge in [0, 0.05) is 29.7 Å². The standard InChI is InChI=1S/C23H30N2O3S/c1-17(2)24-23(27)18(3)25(16-19-10-12-20(28-4)13-11-19)22(26)14-15-29-21-8-6-5-7-9-21/h5-13,17-18H,14-16H2,1-4H3,(H,24,27). The van der Waals surface area contributed by atoms with Gasteiger partial charge in [-0.3, -0.25) is 9.59 Å². The van der Waals surface area contributed by atoms with Crippen molar-refractivity contribution < 1.29 is 14.3 Å². The lowest BCUT2D eigenvalue weighted by molar-refractivity contribution is -0.140. The van der Waals surface area contributed by atoms with E-state index in [2.05, 4.69) is 5.32 Å². The smallest absolute Gasteiger partial charge is 0.242 e. The van der Waals surface area contributed by atoms with E-state index in [4.69, 9.17) is 4.74 Å². The molecule has 1 unspecified atom stereocenters. The molecule has 5 nitrogen and oxygen atoms in total. The summed E-state index contributed by atoms with van der Waals surface area (Å²) in [4.78, 5) is 28.3. The molecule has 156 valence electrons. The quantitative estimate of drug-likeness (QED) is 0.594. The maximum absolute atomic E-state index is 13.0. The van der Waals surface area contributed by atoms with Crippen molar-refractivity contribution in [1.29, 1.82) is 0 Å². The predicted octanol–water partition coefficient (Wildman–Crippen LogP) is 4.12. The molecule has 0 bridgehead atoms. The Labute approximate surface area is 177 Å². The monoisotopic (exact) mass is 414 g/mol. The highest BCUT2D eigenvalue weighted by molar-refractivity contribution is 7.99. The molecular weight excluding hydrogens is 384 g/mol. The Bertz CT molecular complexity index is 778. The molecular formula is C23H30N2O3S. The summed E-state index contributed by atoms with van der Waals surface area (Å²) in [6, 6.07) is 17.1. The van der Waals surface area contributed by atoms with Crippen molar-refractivity contribution in [2.45, 2.75) is 50.7 Å². The van der Waals surface area contributed by atoms with Crippen LogP contribution in [0.2, 0.25) is 0 Å². The highest BCUT2D eigenvalue weighted by Crippen LogP contribution is 2.20. The van der Waals surface area contributed by atoms with Crippen molar-refractivity contribution >= 4 is 23.6 Å². The van der Waals surface area contributed by atoms with Gasteiger partial charge in [0.05, 0.1) is 7.11 Å². The summed E-state index contributed by atoms with van der Waals surface area (Å²) in [6.07, 6.45) is 0.370. The summed E-state index contributed by atoms with van der Waals surface area (Å²) in [5.41, 5.74) is 0.957. The second-order valence-electron chi connectivity index (χ2n) is 7.12. The Morgan fingerprint density at radius 1 is 1.03 bits per heavy atom. The van der Waals surface area contributed by atoms with E-state index >= 15 is 0 Å². The van der Waals surface area contributed by atoms with E-state index in [0.29, 0.717) is 18.7 Å². The molecule has 2 aromatic carbocycles. The molecule has 1 N–H and O–H groups in total. The third kappa shape index (κ3) is 7.46. The number of carbonyl (C=O) groups excluding carboxylic acids is 2. The van der Waals surface area contributed by atoms with Crippen molar-refractivity contribution in [3.8, 4) is 5.75 Å². The number of rotatable bonds is 10. The molecule has 2 aromatic rings. The molecule has 0 aliphatic heterocycles. The fraction of sp³-hybridized carbons (Fsp3) is 0.391. The van der Waals surface area contributed by atoms with E-state index in [0.717, 1.165) is 16.2 Å². The summed E-state index contributed by atoms with van der Waals surface area (Å²) in [6.45, 7) is 5.99. The SMILES string of the molecule is COc1ccc(CN(C(=O)CCSc2ccccc2)C(C)C(=O)NC(C)C)cc1.